The summed E-state index contributed by atoms with van der Waals surface area (Å²) in [4.78, 5) is 11.6. The van der Waals surface area contributed by atoms with E-state index in [0.717, 1.165) is 18.3 Å². The van der Waals surface area contributed by atoms with Crippen molar-refractivity contribution in [3.63, 3.8) is 0 Å². The van der Waals surface area contributed by atoms with Gasteiger partial charge in [0.25, 0.3) is 0 Å². The fourth-order valence-electron chi connectivity index (χ4n) is 3.31. The smallest absolute Gasteiger partial charge is 0.135 e. The Balaban J connectivity index is 2.13. The predicted molar refractivity (Wildman–Crippen MR) is 67.2 cm³/mol. The van der Waals surface area contributed by atoms with E-state index in [9.17, 15) is 4.79 Å². The molecule has 3 aliphatic rings. The summed E-state index contributed by atoms with van der Waals surface area (Å²) in [5, 5.41) is 0. The average Bonchev–Trinajstić information content (AvgIpc) is 2.16. The molecule has 0 heterocycles. The Bertz CT molecular complexity index is 346. The van der Waals surface area contributed by atoms with Gasteiger partial charge in [-0.1, -0.05) is 39.3 Å². The van der Waals surface area contributed by atoms with Gasteiger partial charge in [0.15, 0.2) is 0 Å². The normalized spacial score (nSPS) is 31.7. The molecule has 1 fully saturated rings. The van der Waals surface area contributed by atoms with Crippen LogP contribution in [0.15, 0.2) is 11.6 Å². The summed E-state index contributed by atoms with van der Waals surface area (Å²) in [6.45, 7) is 10.7. The Kier molecular flexibility index (Phi) is 2.56. The summed E-state index contributed by atoms with van der Waals surface area (Å²) in [6, 6.07) is 0. The van der Waals surface area contributed by atoms with Crippen molar-refractivity contribution < 1.29 is 4.79 Å². The fraction of sp³-hybridized carbons (Fsp3) is 0.800. The summed E-state index contributed by atoms with van der Waals surface area (Å²) in [7, 11) is 0. The van der Waals surface area contributed by atoms with Crippen LogP contribution in [0.1, 0.15) is 53.9 Å². The van der Waals surface area contributed by atoms with E-state index >= 15 is 0 Å². The third-order valence-corrected chi connectivity index (χ3v) is 5.18. The van der Waals surface area contributed by atoms with E-state index < -0.39 is 0 Å². The van der Waals surface area contributed by atoms with Crippen LogP contribution in [0.4, 0.5) is 0 Å². The Morgan fingerprint density at radius 2 is 2.12 bits per heavy atom. The van der Waals surface area contributed by atoms with Crippen LogP contribution < -0.4 is 0 Å². The van der Waals surface area contributed by atoms with Crippen LogP contribution in [-0.4, -0.2) is 5.78 Å². The van der Waals surface area contributed by atoms with Crippen molar-refractivity contribution in [3.05, 3.63) is 11.6 Å². The van der Waals surface area contributed by atoms with Gasteiger partial charge in [-0.2, -0.15) is 0 Å². The maximum atomic E-state index is 11.6. The van der Waals surface area contributed by atoms with E-state index in [4.69, 9.17) is 0 Å². The van der Waals surface area contributed by atoms with Crippen LogP contribution in [0, 0.1) is 22.7 Å². The molecule has 0 radical (unpaired) electrons. The SMILES string of the molecule is CC(=O)C(C)(C)CC1=CC[C@H]2C[C@@H]1C2(C)C. The van der Waals surface area contributed by atoms with E-state index in [-0.39, 0.29) is 5.41 Å². The van der Waals surface area contributed by atoms with Crippen molar-refractivity contribution in [1.82, 2.24) is 0 Å². The molecule has 0 aromatic rings. The summed E-state index contributed by atoms with van der Waals surface area (Å²) in [5.74, 6) is 1.94. The summed E-state index contributed by atoms with van der Waals surface area (Å²) < 4.78 is 0. The zero-order valence-corrected chi connectivity index (χ0v) is 11.3. The largest absolute Gasteiger partial charge is 0.299 e. The van der Waals surface area contributed by atoms with Crippen LogP contribution in [0.2, 0.25) is 0 Å². The summed E-state index contributed by atoms with van der Waals surface area (Å²) in [6.07, 6.45) is 5.96. The van der Waals surface area contributed by atoms with Crippen molar-refractivity contribution in [2.75, 3.05) is 0 Å². The fourth-order valence-corrected chi connectivity index (χ4v) is 3.31. The van der Waals surface area contributed by atoms with Crippen molar-refractivity contribution in [2.45, 2.75) is 53.9 Å². The van der Waals surface area contributed by atoms with Gasteiger partial charge in [-0.05, 0) is 43.4 Å². The number of carbonyl (C=O) groups excluding carboxylic acids is 1. The molecule has 0 unspecified atom stereocenters. The highest BCUT2D eigenvalue weighted by Gasteiger charge is 2.51. The third-order valence-electron chi connectivity index (χ3n) is 5.18. The highest BCUT2D eigenvalue weighted by atomic mass is 16.1. The minimum atomic E-state index is -0.176. The first-order chi connectivity index (χ1) is 7.25. The molecule has 1 saturated carbocycles. The monoisotopic (exact) mass is 220 g/mol. The molecule has 1 heteroatoms. The van der Waals surface area contributed by atoms with Crippen LogP contribution in [0.5, 0.6) is 0 Å². The topological polar surface area (TPSA) is 17.1 Å². The van der Waals surface area contributed by atoms with E-state index in [2.05, 4.69) is 33.8 Å². The summed E-state index contributed by atoms with van der Waals surface area (Å²) >= 11 is 0. The molecular formula is C15H24O. The van der Waals surface area contributed by atoms with E-state index in [1.807, 2.05) is 0 Å². The van der Waals surface area contributed by atoms with Gasteiger partial charge >= 0.3 is 0 Å². The Labute approximate surface area is 99.3 Å². The van der Waals surface area contributed by atoms with Gasteiger partial charge in [-0.25, -0.2) is 0 Å². The van der Waals surface area contributed by atoms with E-state index in [0.29, 0.717) is 11.2 Å². The summed E-state index contributed by atoms with van der Waals surface area (Å²) in [5.41, 5.74) is 1.86. The van der Waals surface area contributed by atoms with Gasteiger partial charge < -0.3 is 0 Å². The molecule has 3 aliphatic carbocycles. The Morgan fingerprint density at radius 3 is 2.56 bits per heavy atom. The number of carbonyl (C=O) groups is 1. The molecule has 90 valence electrons. The van der Waals surface area contributed by atoms with Crippen molar-refractivity contribution in [1.29, 1.82) is 0 Å². The van der Waals surface area contributed by atoms with Gasteiger partial charge in [0.2, 0.25) is 0 Å². The quantitative estimate of drug-likeness (QED) is 0.657. The van der Waals surface area contributed by atoms with Gasteiger partial charge in [-0.15, -0.1) is 0 Å². The molecule has 16 heavy (non-hydrogen) atoms. The van der Waals surface area contributed by atoms with Crippen molar-refractivity contribution >= 4 is 5.78 Å². The number of hydrogen-bond acceptors (Lipinski definition) is 1. The van der Waals surface area contributed by atoms with Crippen LogP contribution in [0.3, 0.4) is 0 Å². The Hall–Kier alpha value is -0.590. The molecule has 0 amide bonds. The number of allylic oxidation sites excluding steroid dienone is 2. The molecular weight excluding hydrogens is 196 g/mol. The molecule has 0 saturated heterocycles. The number of rotatable bonds is 3. The Morgan fingerprint density at radius 1 is 1.50 bits per heavy atom. The lowest BCUT2D eigenvalue weighted by molar-refractivity contribution is -0.125. The number of ketones is 1. The first-order valence-electron chi connectivity index (χ1n) is 6.45. The molecule has 3 rings (SSSR count). The van der Waals surface area contributed by atoms with Crippen molar-refractivity contribution in [3.8, 4) is 0 Å². The van der Waals surface area contributed by atoms with Crippen LogP contribution in [-0.2, 0) is 4.79 Å². The van der Waals surface area contributed by atoms with Gasteiger partial charge in [0, 0.05) is 5.41 Å². The zero-order chi connectivity index (χ0) is 12.1. The lowest BCUT2D eigenvalue weighted by atomic mass is 9.48. The molecule has 2 atom stereocenters. The molecule has 2 bridgehead atoms. The predicted octanol–water partition coefficient (Wildman–Crippen LogP) is 3.98. The molecule has 0 aromatic heterocycles. The molecule has 1 nitrogen and oxygen atoms in total. The lowest BCUT2D eigenvalue weighted by Crippen LogP contribution is -2.48. The lowest BCUT2D eigenvalue weighted by Gasteiger charge is -2.57. The highest BCUT2D eigenvalue weighted by molar-refractivity contribution is 5.81. The molecule has 0 aromatic carbocycles. The minimum Gasteiger partial charge on any atom is -0.299 e. The second-order valence-electron chi connectivity index (χ2n) is 6.94. The molecule has 0 aliphatic heterocycles. The number of hydrogen-bond donors (Lipinski definition) is 0. The van der Waals surface area contributed by atoms with E-state index in [1.54, 1.807) is 12.5 Å². The minimum absolute atomic E-state index is 0.176. The first-order valence-corrected chi connectivity index (χ1v) is 6.45. The van der Waals surface area contributed by atoms with Crippen LogP contribution in [0.25, 0.3) is 0 Å². The number of Topliss-reactive ketones (excluding diaryl/α,β-unsaturated/α-hetero) is 1. The van der Waals surface area contributed by atoms with Gasteiger partial charge in [-0.3, -0.25) is 4.79 Å². The standard InChI is InChI=1S/C15H24O/c1-10(16)14(2,3)9-11-6-7-12-8-13(11)15(12,4)5/h6,12-13H,7-9H2,1-5H3/t12-,13-/m0/s1. The first kappa shape index (κ1) is 11.9. The average molecular weight is 220 g/mol. The second kappa shape index (κ2) is 3.45. The number of fused-ring (bicyclic) bond motifs is 1. The third kappa shape index (κ3) is 1.65. The zero-order valence-electron chi connectivity index (χ0n) is 11.3. The van der Waals surface area contributed by atoms with E-state index in [1.165, 1.54) is 12.8 Å². The molecule has 0 spiro atoms. The maximum Gasteiger partial charge on any atom is 0.135 e. The van der Waals surface area contributed by atoms with Gasteiger partial charge in [0.05, 0.1) is 0 Å². The molecule has 0 N–H and O–H groups in total. The van der Waals surface area contributed by atoms with Gasteiger partial charge in [0.1, 0.15) is 5.78 Å². The van der Waals surface area contributed by atoms with Crippen molar-refractivity contribution in [2.24, 2.45) is 22.7 Å². The maximum absolute atomic E-state index is 11.6. The second-order valence-corrected chi connectivity index (χ2v) is 6.94. The van der Waals surface area contributed by atoms with Crippen LogP contribution >= 0.6 is 0 Å². The highest BCUT2D eigenvalue weighted by Crippen LogP contribution is 2.60.